The van der Waals surface area contributed by atoms with Crippen molar-refractivity contribution in [2.24, 2.45) is 11.8 Å². The Kier molecular flexibility index (Phi) is 4.95. The molecule has 2 heterocycles. The minimum atomic E-state index is 0.391. The first-order chi connectivity index (χ1) is 11.7. The van der Waals surface area contributed by atoms with E-state index in [9.17, 15) is 0 Å². The van der Waals surface area contributed by atoms with Gasteiger partial charge in [-0.1, -0.05) is 31.8 Å². The second kappa shape index (κ2) is 7.17. The van der Waals surface area contributed by atoms with Crippen molar-refractivity contribution in [2.75, 3.05) is 13.1 Å². The van der Waals surface area contributed by atoms with Gasteiger partial charge in [0.2, 0.25) is 0 Å². The third-order valence-corrected chi connectivity index (χ3v) is 6.55. The molecule has 24 heavy (non-hydrogen) atoms. The maximum absolute atomic E-state index is 6.29. The van der Waals surface area contributed by atoms with Gasteiger partial charge in [-0.25, -0.2) is 0 Å². The van der Waals surface area contributed by atoms with Crippen LogP contribution in [0.5, 0.6) is 0 Å². The molecule has 3 unspecified atom stereocenters. The second-order valence-corrected chi connectivity index (χ2v) is 8.31. The van der Waals surface area contributed by atoms with E-state index in [1.54, 1.807) is 0 Å². The van der Waals surface area contributed by atoms with Crippen LogP contribution in [-0.4, -0.2) is 24.4 Å². The van der Waals surface area contributed by atoms with E-state index in [0.717, 1.165) is 43.5 Å². The summed E-state index contributed by atoms with van der Waals surface area (Å²) in [7, 11) is 0. The number of hydrogen-bond acceptors (Lipinski definition) is 4. The van der Waals surface area contributed by atoms with Gasteiger partial charge < -0.3 is 14.6 Å². The van der Waals surface area contributed by atoms with Crippen molar-refractivity contribution in [3.63, 3.8) is 0 Å². The molecule has 1 aliphatic heterocycles. The molecule has 3 aliphatic rings. The van der Waals surface area contributed by atoms with Crippen LogP contribution in [0.2, 0.25) is 0 Å². The molecule has 0 bridgehead atoms. The van der Waals surface area contributed by atoms with Gasteiger partial charge in [0, 0.05) is 17.4 Å². The first-order valence-electron chi connectivity index (χ1n) is 10.0. The zero-order chi connectivity index (χ0) is 16.5. The fraction of sp³-hybridized carbons (Fsp3) is 0.850. The normalized spacial score (nSPS) is 29.9. The summed E-state index contributed by atoms with van der Waals surface area (Å²) in [5, 5.41) is 7.96. The Bertz CT molecular complexity index is 546. The van der Waals surface area contributed by atoms with E-state index in [-0.39, 0.29) is 0 Å². The lowest BCUT2D eigenvalue weighted by molar-refractivity contribution is 0.0201. The average Bonchev–Trinajstić information content (AvgIpc) is 3.22. The Morgan fingerprint density at radius 2 is 1.96 bits per heavy atom. The summed E-state index contributed by atoms with van der Waals surface area (Å²) in [4.78, 5) is 0. The van der Waals surface area contributed by atoms with Crippen LogP contribution in [0.15, 0.2) is 4.52 Å². The standard InChI is InChI=1S/C20H32N2O2/c1-13-4-3-5-17(13)14(2)19-18(20(24-22-19)15-6-7-15)12-23-16-8-10-21-11-9-16/h13-17,21H,3-12H2,1-2H3. The van der Waals surface area contributed by atoms with Crippen LogP contribution < -0.4 is 5.32 Å². The lowest BCUT2D eigenvalue weighted by atomic mass is 9.82. The first kappa shape index (κ1) is 16.6. The summed E-state index contributed by atoms with van der Waals surface area (Å²) in [6.45, 7) is 7.61. The molecule has 4 nitrogen and oxygen atoms in total. The molecule has 134 valence electrons. The molecule has 2 aliphatic carbocycles. The van der Waals surface area contributed by atoms with Crippen LogP contribution in [0, 0.1) is 11.8 Å². The van der Waals surface area contributed by atoms with Gasteiger partial charge in [-0.2, -0.15) is 0 Å². The fourth-order valence-electron chi connectivity index (χ4n) is 4.79. The van der Waals surface area contributed by atoms with E-state index in [4.69, 9.17) is 9.26 Å². The van der Waals surface area contributed by atoms with E-state index in [0.29, 0.717) is 24.5 Å². The van der Waals surface area contributed by atoms with Crippen molar-refractivity contribution in [2.45, 2.75) is 83.3 Å². The summed E-state index contributed by atoms with van der Waals surface area (Å²) in [5.74, 6) is 3.78. The van der Waals surface area contributed by atoms with Gasteiger partial charge >= 0.3 is 0 Å². The zero-order valence-electron chi connectivity index (χ0n) is 15.2. The van der Waals surface area contributed by atoms with Crippen LogP contribution >= 0.6 is 0 Å². The Hall–Kier alpha value is -0.870. The Morgan fingerprint density at radius 1 is 1.17 bits per heavy atom. The number of hydrogen-bond donors (Lipinski definition) is 1. The van der Waals surface area contributed by atoms with Crippen LogP contribution in [0.25, 0.3) is 0 Å². The minimum absolute atomic E-state index is 0.391. The molecular formula is C20H32N2O2. The molecule has 1 aromatic rings. The largest absolute Gasteiger partial charge is 0.373 e. The summed E-state index contributed by atoms with van der Waals surface area (Å²) < 4.78 is 12.1. The van der Waals surface area contributed by atoms with Gasteiger partial charge in [0.05, 0.1) is 18.4 Å². The van der Waals surface area contributed by atoms with E-state index in [2.05, 4.69) is 24.3 Å². The molecular weight excluding hydrogens is 300 g/mol. The third kappa shape index (κ3) is 3.41. The van der Waals surface area contributed by atoms with Gasteiger partial charge in [-0.15, -0.1) is 0 Å². The number of nitrogens with zero attached hydrogens (tertiary/aromatic N) is 1. The summed E-state index contributed by atoms with van der Waals surface area (Å²) in [5.41, 5.74) is 2.49. The third-order valence-electron chi connectivity index (χ3n) is 6.55. The van der Waals surface area contributed by atoms with Crippen molar-refractivity contribution in [1.82, 2.24) is 10.5 Å². The maximum Gasteiger partial charge on any atom is 0.145 e. The van der Waals surface area contributed by atoms with Gasteiger partial charge in [0.25, 0.3) is 0 Å². The van der Waals surface area contributed by atoms with Crippen LogP contribution in [0.4, 0.5) is 0 Å². The molecule has 0 amide bonds. The number of nitrogens with one attached hydrogen (secondary N) is 1. The van der Waals surface area contributed by atoms with Crippen molar-refractivity contribution in [3.8, 4) is 0 Å². The topological polar surface area (TPSA) is 47.3 Å². The number of aromatic nitrogens is 1. The molecule has 4 heteroatoms. The molecule has 1 saturated heterocycles. The molecule has 4 rings (SSSR count). The molecule has 0 aromatic carbocycles. The summed E-state index contributed by atoms with van der Waals surface area (Å²) >= 11 is 0. The Morgan fingerprint density at radius 3 is 2.62 bits per heavy atom. The number of rotatable bonds is 6. The summed E-state index contributed by atoms with van der Waals surface area (Å²) in [6.07, 6.45) is 9.20. The van der Waals surface area contributed by atoms with E-state index < -0.39 is 0 Å². The molecule has 0 radical (unpaired) electrons. The molecule has 1 N–H and O–H groups in total. The second-order valence-electron chi connectivity index (χ2n) is 8.31. The minimum Gasteiger partial charge on any atom is -0.373 e. The van der Waals surface area contributed by atoms with Gasteiger partial charge in [0.15, 0.2) is 0 Å². The zero-order valence-corrected chi connectivity index (χ0v) is 15.2. The predicted octanol–water partition coefficient (Wildman–Crippen LogP) is 4.36. The number of piperidine rings is 1. The smallest absolute Gasteiger partial charge is 0.145 e. The Labute approximate surface area is 145 Å². The van der Waals surface area contributed by atoms with Crippen molar-refractivity contribution in [1.29, 1.82) is 0 Å². The van der Waals surface area contributed by atoms with Crippen molar-refractivity contribution < 1.29 is 9.26 Å². The van der Waals surface area contributed by atoms with E-state index in [1.807, 2.05) is 0 Å². The summed E-state index contributed by atoms with van der Waals surface area (Å²) in [6, 6.07) is 0. The highest BCUT2D eigenvalue weighted by Crippen LogP contribution is 2.46. The van der Waals surface area contributed by atoms with E-state index >= 15 is 0 Å². The number of ether oxygens (including phenoxy) is 1. The molecule has 3 atom stereocenters. The van der Waals surface area contributed by atoms with Crippen LogP contribution in [0.3, 0.4) is 0 Å². The van der Waals surface area contributed by atoms with Gasteiger partial charge in [-0.05, 0) is 57.0 Å². The monoisotopic (exact) mass is 332 g/mol. The first-order valence-corrected chi connectivity index (χ1v) is 10.0. The van der Waals surface area contributed by atoms with E-state index in [1.165, 1.54) is 43.4 Å². The SMILES string of the molecule is CC1CCCC1C(C)c1noc(C2CC2)c1COC1CCNCC1. The Balaban J connectivity index is 1.50. The van der Waals surface area contributed by atoms with Gasteiger partial charge in [-0.3, -0.25) is 0 Å². The highest BCUT2D eigenvalue weighted by atomic mass is 16.5. The van der Waals surface area contributed by atoms with Gasteiger partial charge in [0.1, 0.15) is 5.76 Å². The fourth-order valence-corrected chi connectivity index (χ4v) is 4.79. The molecule has 1 aromatic heterocycles. The van der Waals surface area contributed by atoms with Crippen molar-refractivity contribution in [3.05, 3.63) is 17.0 Å². The lowest BCUT2D eigenvalue weighted by Crippen LogP contribution is -2.32. The average molecular weight is 332 g/mol. The molecule has 2 saturated carbocycles. The molecule has 0 spiro atoms. The quantitative estimate of drug-likeness (QED) is 0.841. The van der Waals surface area contributed by atoms with Crippen LogP contribution in [-0.2, 0) is 11.3 Å². The highest BCUT2D eigenvalue weighted by molar-refractivity contribution is 5.30. The molecule has 3 fully saturated rings. The maximum atomic E-state index is 6.29. The van der Waals surface area contributed by atoms with Crippen LogP contribution in [0.1, 0.15) is 87.6 Å². The van der Waals surface area contributed by atoms with Crippen molar-refractivity contribution >= 4 is 0 Å². The predicted molar refractivity (Wildman–Crippen MR) is 94.1 cm³/mol. The lowest BCUT2D eigenvalue weighted by Gasteiger charge is -2.25. The highest BCUT2D eigenvalue weighted by Gasteiger charge is 2.37.